The van der Waals surface area contributed by atoms with Crippen LogP contribution in [0.2, 0.25) is 0 Å². The van der Waals surface area contributed by atoms with Crippen LogP contribution in [-0.2, 0) is 22.7 Å². The summed E-state index contributed by atoms with van der Waals surface area (Å²) in [6, 6.07) is 4.96. The molecule has 150 valence electrons. The van der Waals surface area contributed by atoms with E-state index in [2.05, 4.69) is 31.1 Å². The minimum absolute atomic E-state index is 0.172. The third-order valence-electron chi connectivity index (χ3n) is 5.79. The van der Waals surface area contributed by atoms with Crippen LogP contribution in [0.1, 0.15) is 46.1 Å². The van der Waals surface area contributed by atoms with Crippen LogP contribution in [0.4, 0.5) is 5.95 Å². The molecule has 0 saturated carbocycles. The maximum absolute atomic E-state index is 12.9. The monoisotopic (exact) mass is 395 g/mol. The first kappa shape index (κ1) is 17.8. The molecule has 4 N–H and O–H groups in total. The molecule has 3 amide bonds. The molecule has 2 saturated heterocycles. The second-order valence-electron chi connectivity index (χ2n) is 7.60. The number of benzene rings is 1. The Bertz CT molecular complexity index is 997. The number of aromatic amines is 1. The van der Waals surface area contributed by atoms with Gasteiger partial charge in [0.05, 0.1) is 0 Å². The molecule has 2 aromatic rings. The third kappa shape index (κ3) is 3.15. The average Bonchev–Trinajstić information content (AvgIpc) is 3.24. The van der Waals surface area contributed by atoms with Gasteiger partial charge in [-0.15, -0.1) is 5.10 Å². The first-order valence-corrected chi connectivity index (χ1v) is 9.72. The second-order valence-corrected chi connectivity index (χ2v) is 7.60. The maximum atomic E-state index is 12.9. The Hall–Kier alpha value is -3.27. The molecule has 0 spiro atoms. The number of imide groups is 1. The zero-order valence-electron chi connectivity index (χ0n) is 15.7. The van der Waals surface area contributed by atoms with Crippen molar-refractivity contribution in [3.05, 3.63) is 40.7 Å². The SMILES string of the molecule is O=C1CCC(N2Cc3c(CNc4n[nH]c(C5CNC5)n4)cccc3C2=O)C(=O)N1. The summed E-state index contributed by atoms with van der Waals surface area (Å²) in [5.74, 6) is 0.900. The summed E-state index contributed by atoms with van der Waals surface area (Å²) < 4.78 is 0. The van der Waals surface area contributed by atoms with Crippen LogP contribution in [0, 0.1) is 0 Å². The molecule has 1 unspecified atom stereocenters. The number of amides is 3. The first-order chi connectivity index (χ1) is 14.1. The molecule has 2 fully saturated rings. The normalized spacial score (nSPS) is 21.7. The highest BCUT2D eigenvalue weighted by Gasteiger charge is 2.39. The molecular formula is C19H21N7O3. The highest BCUT2D eigenvalue weighted by atomic mass is 16.2. The van der Waals surface area contributed by atoms with E-state index in [1.54, 1.807) is 11.0 Å². The van der Waals surface area contributed by atoms with Crippen LogP contribution in [0.5, 0.6) is 0 Å². The van der Waals surface area contributed by atoms with Crippen LogP contribution < -0.4 is 16.0 Å². The standard InChI is InChI=1S/C19H21N7O3/c27-15-5-4-14(17(28)22-15)26-9-13-10(2-1-3-12(13)18(26)29)8-21-19-23-16(24-25-19)11-6-20-7-11/h1-3,11,14,20H,4-9H2,(H,22,27,28)(H2,21,23,24,25). The Morgan fingerprint density at radius 2 is 2.07 bits per heavy atom. The molecular weight excluding hydrogens is 374 g/mol. The van der Waals surface area contributed by atoms with E-state index in [0.717, 1.165) is 30.0 Å². The number of rotatable bonds is 5. The molecule has 1 atom stereocenters. The number of carbonyl (C=O) groups is 3. The molecule has 3 aliphatic heterocycles. The zero-order valence-corrected chi connectivity index (χ0v) is 15.7. The minimum Gasteiger partial charge on any atom is -0.349 e. The number of aromatic nitrogens is 3. The predicted molar refractivity (Wildman–Crippen MR) is 102 cm³/mol. The van der Waals surface area contributed by atoms with Gasteiger partial charge >= 0.3 is 0 Å². The van der Waals surface area contributed by atoms with Gasteiger partial charge in [0.1, 0.15) is 11.9 Å². The Labute approximate surface area is 166 Å². The van der Waals surface area contributed by atoms with Crippen molar-refractivity contribution in [1.82, 2.24) is 30.7 Å². The summed E-state index contributed by atoms with van der Waals surface area (Å²) in [4.78, 5) is 42.5. The fourth-order valence-corrected chi connectivity index (χ4v) is 4.01. The maximum Gasteiger partial charge on any atom is 0.255 e. The summed E-state index contributed by atoms with van der Waals surface area (Å²) in [6.45, 7) is 2.63. The van der Waals surface area contributed by atoms with Gasteiger partial charge in [-0.1, -0.05) is 12.1 Å². The fraction of sp³-hybridized carbons (Fsp3) is 0.421. The summed E-state index contributed by atoms with van der Waals surface area (Å²) >= 11 is 0. The zero-order chi connectivity index (χ0) is 20.0. The number of nitrogens with zero attached hydrogens (tertiary/aromatic N) is 3. The highest BCUT2D eigenvalue weighted by molar-refractivity contribution is 6.05. The van der Waals surface area contributed by atoms with E-state index in [0.29, 0.717) is 36.9 Å². The van der Waals surface area contributed by atoms with Crippen molar-refractivity contribution in [3.8, 4) is 0 Å². The fourth-order valence-electron chi connectivity index (χ4n) is 4.01. The number of carbonyl (C=O) groups excluding carboxylic acids is 3. The van der Waals surface area contributed by atoms with E-state index in [1.165, 1.54) is 0 Å². The van der Waals surface area contributed by atoms with Crippen molar-refractivity contribution in [2.24, 2.45) is 0 Å². The van der Waals surface area contributed by atoms with E-state index in [9.17, 15) is 14.4 Å². The van der Waals surface area contributed by atoms with E-state index in [1.807, 2.05) is 12.1 Å². The van der Waals surface area contributed by atoms with Gasteiger partial charge < -0.3 is 15.5 Å². The van der Waals surface area contributed by atoms with Crippen molar-refractivity contribution in [3.63, 3.8) is 0 Å². The molecule has 10 heteroatoms. The lowest BCUT2D eigenvalue weighted by Gasteiger charge is -2.29. The summed E-state index contributed by atoms with van der Waals surface area (Å²) in [7, 11) is 0. The average molecular weight is 395 g/mol. The van der Waals surface area contributed by atoms with Gasteiger partial charge in [0, 0.05) is 44.1 Å². The molecule has 1 aromatic carbocycles. The number of nitrogens with one attached hydrogen (secondary N) is 4. The van der Waals surface area contributed by atoms with E-state index >= 15 is 0 Å². The van der Waals surface area contributed by atoms with Gasteiger partial charge in [-0.3, -0.25) is 24.8 Å². The number of H-pyrrole nitrogens is 1. The van der Waals surface area contributed by atoms with Gasteiger partial charge in [0.2, 0.25) is 17.8 Å². The van der Waals surface area contributed by atoms with Crippen molar-refractivity contribution in [2.45, 2.75) is 37.9 Å². The molecule has 10 nitrogen and oxygen atoms in total. The molecule has 5 rings (SSSR count). The Morgan fingerprint density at radius 1 is 1.21 bits per heavy atom. The molecule has 4 heterocycles. The molecule has 0 aliphatic carbocycles. The number of piperidine rings is 1. The van der Waals surface area contributed by atoms with Crippen LogP contribution in [0.3, 0.4) is 0 Å². The minimum atomic E-state index is -0.611. The molecule has 0 bridgehead atoms. The van der Waals surface area contributed by atoms with Gasteiger partial charge in [0.25, 0.3) is 5.91 Å². The van der Waals surface area contributed by atoms with Gasteiger partial charge in [-0.25, -0.2) is 0 Å². The second kappa shape index (κ2) is 6.96. The first-order valence-electron chi connectivity index (χ1n) is 9.72. The van der Waals surface area contributed by atoms with E-state index in [4.69, 9.17) is 0 Å². The van der Waals surface area contributed by atoms with Crippen molar-refractivity contribution < 1.29 is 14.4 Å². The molecule has 1 aromatic heterocycles. The third-order valence-corrected chi connectivity index (χ3v) is 5.79. The van der Waals surface area contributed by atoms with Crippen molar-refractivity contribution in [1.29, 1.82) is 0 Å². The Kier molecular flexibility index (Phi) is 4.27. The number of hydrogen-bond acceptors (Lipinski definition) is 7. The van der Waals surface area contributed by atoms with E-state index < -0.39 is 11.9 Å². The molecule has 3 aliphatic rings. The topological polar surface area (TPSA) is 132 Å². The number of fused-ring (bicyclic) bond motifs is 1. The predicted octanol–water partition coefficient (Wildman–Crippen LogP) is -0.135. The quantitative estimate of drug-likeness (QED) is 0.518. The Balaban J connectivity index is 1.31. The highest BCUT2D eigenvalue weighted by Crippen LogP contribution is 2.30. The molecule has 29 heavy (non-hydrogen) atoms. The largest absolute Gasteiger partial charge is 0.349 e. The van der Waals surface area contributed by atoms with Crippen LogP contribution >= 0.6 is 0 Å². The number of hydrogen-bond donors (Lipinski definition) is 4. The summed E-state index contributed by atoms with van der Waals surface area (Å²) in [5.41, 5.74) is 2.46. The lowest BCUT2D eigenvalue weighted by molar-refractivity contribution is -0.136. The van der Waals surface area contributed by atoms with Crippen LogP contribution in [-0.4, -0.2) is 56.9 Å². The molecule has 0 radical (unpaired) electrons. The van der Waals surface area contributed by atoms with Crippen LogP contribution in [0.25, 0.3) is 0 Å². The smallest absolute Gasteiger partial charge is 0.255 e. The summed E-state index contributed by atoms with van der Waals surface area (Å²) in [6.07, 6.45) is 0.600. The number of anilines is 1. The van der Waals surface area contributed by atoms with Crippen molar-refractivity contribution in [2.75, 3.05) is 18.4 Å². The van der Waals surface area contributed by atoms with Gasteiger partial charge in [-0.2, -0.15) is 4.98 Å². The lowest BCUT2D eigenvalue weighted by Crippen LogP contribution is -2.52. The van der Waals surface area contributed by atoms with Crippen molar-refractivity contribution >= 4 is 23.7 Å². The van der Waals surface area contributed by atoms with Gasteiger partial charge in [0.15, 0.2) is 0 Å². The van der Waals surface area contributed by atoms with E-state index in [-0.39, 0.29) is 18.2 Å². The summed E-state index contributed by atoms with van der Waals surface area (Å²) in [5, 5.41) is 15.9. The lowest BCUT2D eigenvalue weighted by atomic mass is 10.0. The van der Waals surface area contributed by atoms with Crippen LogP contribution in [0.15, 0.2) is 18.2 Å². The van der Waals surface area contributed by atoms with Gasteiger partial charge in [-0.05, 0) is 23.6 Å². The Morgan fingerprint density at radius 3 is 2.83 bits per heavy atom.